The molecule has 10 heteroatoms. The molecule has 1 aliphatic heterocycles. The minimum atomic E-state index is -1.61. The quantitative estimate of drug-likeness (QED) is 0.0208. The Balaban J connectivity index is 2.31. The third kappa shape index (κ3) is 30.6. The molecule has 0 aromatic rings. The first kappa shape index (κ1) is 54.6. The monoisotopic (exact) mass is 841 g/mol. The maximum absolute atomic E-state index is 12.7. The van der Waals surface area contributed by atoms with E-state index in [9.17, 15) is 30.0 Å². The number of ether oxygens (including phenoxy) is 4. The molecule has 10 nitrogen and oxygen atoms in total. The topological polar surface area (TPSA) is 152 Å². The van der Waals surface area contributed by atoms with Crippen molar-refractivity contribution in [3.05, 3.63) is 97.2 Å². The second kappa shape index (κ2) is 39.7. The molecule has 1 rings (SSSR count). The van der Waals surface area contributed by atoms with Crippen LogP contribution in [0, 0.1) is 0 Å². The summed E-state index contributed by atoms with van der Waals surface area (Å²) in [4.78, 5) is 25.3. The Bertz CT molecular complexity index is 1290. The Hall–Kier alpha value is -3.38. The van der Waals surface area contributed by atoms with Crippen LogP contribution in [0.25, 0.3) is 0 Å². The van der Waals surface area contributed by atoms with Crippen molar-refractivity contribution in [1.82, 2.24) is 0 Å². The van der Waals surface area contributed by atoms with Gasteiger partial charge in [-0.3, -0.25) is 9.59 Å². The van der Waals surface area contributed by atoms with Crippen LogP contribution < -0.4 is 0 Å². The summed E-state index contributed by atoms with van der Waals surface area (Å²) >= 11 is 0. The SMILES string of the molecule is CC/C=C/C=C/C=C/C=C/CCCCCC(=O)OC(COC(=O)CCCCCCCCCCC/C=C/C/C=C/C/C=C/C/C=C/CC)CO[C@H]1O[C@@H](CO)[C@@H](O)C(O)C1O. The lowest BCUT2D eigenvalue weighted by Crippen LogP contribution is -2.59. The van der Waals surface area contributed by atoms with Crippen molar-refractivity contribution in [2.45, 2.75) is 185 Å². The number of hydrogen-bond acceptors (Lipinski definition) is 10. The van der Waals surface area contributed by atoms with E-state index in [1.165, 1.54) is 32.1 Å². The molecule has 1 aliphatic rings. The molecular formula is C50H80O10. The van der Waals surface area contributed by atoms with Crippen molar-refractivity contribution in [3.63, 3.8) is 0 Å². The molecule has 1 fully saturated rings. The lowest BCUT2D eigenvalue weighted by molar-refractivity contribution is -0.305. The van der Waals surface area contributed by atoms with Gasteiger partial charge in [0.2, 0.25) is 0 Å². The van der Waals surface area contributed by atoms with Crippen molar-refractivity contribution < 1.29 is 49.0 Å². The van der Waals surface area contributed by atoms with Crippen LogP contribution in [0.5, 0.6) is 0 Å². The third-order valence-corrected chi connectivity index (χ3v) is 9.81. The van der Waals surface area contributed by atoms with Gasteiger partial charge in [-0.1, -0.05) is 162 Å². The van der Waals surface area contributed by atoms with E-state index in [1.807, 2.05) is 36.5 Å². The molecule has 6 atom stereocenters. The molecule has 340 valence electrons. The molecule has 1 saturated heterocycles. The normalized spacial score (nSPS) is 20.8. The fraction of sp³-hybridized carbons (Fsp3) is 0.640. The summed E-state index contributed by atoms with van der Waals surface area (Å²) in [5.74, 6) is -0.869. The summed E-state index contributed by atoms with van der Waals surface area (Å²) in [6, 6.07) is 0. The number of carbonyl (C=O) groups excluding carboxylic acids is 2. The highest BCUT2D eigenvalue weighted by Gasteiger charge is 2.44. The summed E-state index contributed by atoms with van der Waals surface area (Å²) in [6.07, 6.45) is 45.6. The molecule has 0 spiro atoms. The Morgan fingerprint density at radius 3 is 1.62 bits per heavy atom. The Morgan fingerprint density at radius 2 is 1.02 bits per heavy atom. The zero-order valence-corrected chi connectivity index (χ0v) is 36.9. The third-order valence-electron chi connectivity index (χ3n) is 9.81. The van der Waals surface area contributed by atoms with Crippen LogP contribution in [0.4, 0.5) is 0 Å². The first-order valence-electron chi connectivity index (χ1n) is 22.9. The van der Waals surface area contributed by atoms with Gasteiger partial charge in [-0.05, 0) is 70.6 Å². The van der Waals surface area contributed by atoms with Gasteiger partial charge in [-0.25, -0.2) is 0 Å². The Morgan fingerprint density at radius 1 is 0.533 bits per heavy atom. The first-order valence-corrected chi connectivity index (χ1v) is 22.9. The van der Waals surface area contributed by atoms with Crippen LogP contribution >= 0.6 is 0 Å². The van der Waals surface area contributed by atoms with Gasteiger partial charge in [0, 0.05) is 12.8 Å². The summed E-state index contributed by atoms with van der Waals surface area (Å²) < 4.78 is 22.1. The Kier molecular flexibility index (Phi) is 36.2. The standard InChI is InChI=1S/C50H80O10/c1-3-5-7-9-11-13-15-17-18-19-20-21-22-23-24-25-27-28-30-32-34-36-38-45(52)57-41-43(42-58-50-49(56)48(55)47(54)44(40-51)60-50)59-46(53)39-37-35-33-31-29-26-16-14-12-10-8-6-4-2/h5-8,10-14,16-18,20-21,26,29,43-44,47-51,54-56H,3-4,9,15,19,22-25,27-28,30-42H2,1-2H3/b7-5+,8-6+,12-10+,13-11+,16-14+,18-17+,21-20+,29-26+/t43?,44-,47+,48?,49?,50-/m0/s1. The highest BCUT2D eigenvalue weighted by molar-refractivity contribution is 5.70. The fourth-order valence-corrected chi connectivity index (χ4v) is 6.25. The molecule has 0 saturated carbocycles. The van der Waals surface area contributed by atoms with E-state index in [0.29, 0.717) is 12.8 Å². The van der Waals surface area contributed by atoms with E-state index in [0.717, 1.165) is 77.0 Å². The van der Waals surface area contributed by atoms with E-state index in [2.05, 4.69) is 74.6 Å². The lowest BCUT2D eigenvalue weighted by Gasteiger charge is -2.39. The summed E-state index contributed by atoms with van der Waals surface area (Å²) in [5, 5.41) is 40.1. The highest BCUT2D eigenvalue weighted by Crippen LogP contribution is 2.22. The number of unbranched alkanes of at least 4 members (excludes halogenated alkanes) is 12. The van der Waals surface area contributed by atoms with Crippen LogP contribution in [-0.2, 0) is 28.5 Å². The summed E-state index contributed by atoms with van der Waals surface area (Å²) in [7, 11) is 0. The molecule has 0 aliphatic carbocycles. The minimum Gasteiger partial charge on any atom is -0.462 e. The molecular weight excluding hydrogens is 761 g/mol. The summed E-state index contributed by atoms with van der Waals surface area (Å²) in [5.41, 5.74) is 0. The smallest absolute Gasteiger partial charge is 0.306 e. The number of rotatable bonds is 36. The first-order chi connectivity index (χ1) is 29.3. The zero-order chi connectivity index (χ0) is 43.7. The molecule has 0 bridgehead atoms. The van der Waals surface area contributed by atoms with Gasteiger partial charge in [0.15, 0.2) is 12.4 Å². The van der Waals surface area contributed by atoms with Crippen LogP contribution in [0.1, 0.15) is 149 Å². The number of aliphatic hydroxyl groups is 4. The van der Waals surface area contributed by atoms with Gasteiger partial charge < -0.3 is 39.4 Å². The Labute approximate surface area is 362 Å². The predicted molar refractivity (Wildman–Crippen MR) is 242 cm³/mol. The maximum Gasteiger partial charge on any atom is 0.306 e. The van der Waals surface area contributed by atoms with Crippen molar-refractivity contribution in [2.24, 2.45) is 0 Å². The van der Waals surface area contributed by atoms with Gasteiger partial charge in [-0.15, -0.1) is 0 Å². The second-order valence-corrected chi connectivity index (χ2v) is 15.2. The van der Waals surface area contributed by atoms with E-state index >= 15 is 0 Å². The zero-order valence-electron chi connectivity index (χ0n) is 36.9. The molecule has 1 heterocycles. The second-order valence-electron chi connectivity index (χ2n) is 15.2. The number of hydrogen-bond donors (Lipinski definition) is 4. The molecule has 4 N–H and O–H groups in total. The molecule has 0 aromatic carbocycles. The van der Waals surface area contributed by atoms with Gasteiger partial charge in [0.25, 0.3) is 0 Å². The minimum absolute atomic E-state index is 0.177. The summed E-state index contributed by atoms with van der Waals surface area (Å²) in [6.45, 7) is 3.10. The molecule has 0 amide bonds. The number of allylic oxidation sites excluding steroid dienone is 16. The van der Waals surface area contributed by atoms with Gasteiger partial charge in [0.1, 0.15) is 31.0 Å². The van der Waals surface area contributed by atoms with Crippen molar-refractivity contribution in [2.75, 3.05) is 19.8 Å². The fourth-order valence-electron chi connectivity index (χ4n) is 6.25. The molecule has 60 heavy (non-hydrogen) atoms. The number of carbonyl (C=O) groups is 2. The van der Waals surface area contributed by atoms with Crippen LogP contribution in [-0.4, -0.2) is 89.0 Å². The van der Waals surface area contributed by atoms with Crippen LogP contribution in [0.3, 0.4) is 0 Å². The van der Waals surface area contributed by atoms with E-state index in [4.69, 9.17) is 18.9 Å². The average molecular weight is 841 g/mol. The number of aliphatic hydroxyl groups excluding tert-OH is 4. The van der Waals surface area contributed by atoms with Gasteiger partial charge >= 0.3 is 11.9 Å². The lowest BCUT2D eigenvalue weighted by atomic mass is 9.99. The van der Waals surface area contributed by atoms with E-state index < -0.39 is 55.4 Å². The van der Waals surface area contributed by atoms with Crippen LogP contribution in [0.15, 0.2) is 97.2 Å². The predicted octanol–water partition coefficient (Wildman–Crippen LogP) is 9.94. The van der Waals surface area contributed by atoms with Gasteiger partial charge in [-0.2, -0.15) is 0 Å². The van der Waals surface area contributed by atoms with Crippen molar-refractivity contribution >= 4 is 11.9 Å². The molecule has 0 aromatic heterocycles. The molecule has 0 radical (unpaired) electrons. The number of esters is 2. The van der Waals surface area contributed by atoms with Crippen molar-refractivity contribution in [3.8, 4) is 0 Å². The maximum atomic E-state index is 12.7. The average Bonchev–Trinajstić information content (AvgIpc) is 3.25. The van der Waals surface area contributed by atoms with Gasteiger partial charge in [0.05, 0.1) is 13.2 Å². The van der Waals surface area contributed by atoms with Crippen molar-refractivity contribution in [1.29, 1.82) is 0 Å². The highest BCUT2D eigenvalue weighted by atomic mass is 16.7. The largest absolute Gasteiger partial charge is 0.462 e. The van der Waals surface area contributed by atoms with E-state index in [1.54, 1.807) is 0 Å². The molecule has 3 unspecified atom stereocenters. The van der Waals surface area contributed by atoms with Crippen LogP contribution in [0.2, 0.25) is 0 Å². The van der Waals surface area contributed by atoms with E-state index in [-0.39, 0.29) is 26.1 Å².